The van der Waals surface area contributed by atoms with E-state index in [0.29, 0.717) is 24.8 Å². The normalized spacial score (nSPS) is 26.9. The number of nitrogens with one attached hydrogen (secondary N) is 3. The largest absolute Gasteiger partial charge is 0.450 e. The Hall–Kier alpha value is -6.37. The van der Waals surface area contributed by atoms with Crippen molar-refractivity contribution in [3.63, 3.8) is 0 Å². The molecule has 0 aliphatic carbocycles. The molecule has 2 aliphatic heterocycles. The van der Waals surface area contributed by atoms with Crippen molar-refractivity contribution in [3.05, 3.63) is 71.8 Å². The van der Waals surface area contributed by atoms with Crippen molar-refractivity contribution in [2.75, 3.05) is 34.7 Å². The number of hydrogen-bond acceptors (Lipinski definition) is 11. The number of esters is 1. The molecule has 0 aromatic heterocycles. The number of amides is 8. The zero-order chi connectivity index (χ0) is 60.1. The second kappa shape index (κ2) is 29.4. The smallest absolute Gasteiger partial charge is 0.332 e. The highest BCUT2D eigenvalue weighted by Crippen LogP contribution is 2.28. The molecule has 0 bridgehead atoms. The second-order valence-electron chi connectivity index (χ2n) is 23.7. The molecule has 0 radical (unpaired) electrons. The summed E-state index contributed by atoms with van der Waals surface area (Å²) in [6.07, 6.45) is 0.0622. The predicted molar refractivity (Wildman–Crippen MR) is 306 cm³/mol. The van der Waals surface area contributed by atoms with Gasteiger partial charge in [-0.15, -0.1) is 0 Å². The van der Waals surface area contributed by atoms with Crippen LogP contribution in [0.2, 0.25) is 0 Å². The topological polar surface area (TPSA) is 235 Å². The number of carbonyl (C=O) groups excluding carboxylic acids is 9. The Morgan fingerprint density at radius 1 is 0.588 bits per heavy atom. The molecule has 0 saturated carbocycles. The van der Waals surface area contributed by atoms with Gasteiger partial charge >= 0.3 is 5.97 Å². The van der Waals surface area contributed by atoms with Crippen LogP contribution in [0.25, 0.3) is 0 Å². The van der Waals surface area contributed by atoms with Gasteiger partial charge in [-0.1, -0.05) is 143 Å². The van der Waals surface area contributed by atoms with Crippen LogP contribution in [0.5, 0.6) is 0 Å². The molecular weight excluding hydrogens is 1020 g/mol. The number of ether oxygens (including phenoxy) is 1. The summed E-state index contributed by atoms with van der Waals surface area (Å²) in [5.41, 5.74) is -0.508. The minimum Gasteiger partial charge on any atom is -0.450 e. The lowest BCUT2D eigenvalue weighted by molar-refractivity contribution is -0.178. The molecule has 2 aromatic carbocycles. The molecule has 444 valence electrons. The third-order valence-corrected chi connectivity index (χ3v) is 16.4. The molecule has 12 atom stereocenters. The highest BCUT2D eigenvalue weighted by molar-refractivity contribution is 5.99. The zero-order valence-corrected chi connectivity index (χ0v) is 50.5. The van der Waals surface area contributed by atoms with Gasteiger partial charge in [0.15, 0.2) is 12.1 Å². The fraction of sp³-hybridized carbons (Fsp3) is 0.656. The van der Waals surface area contributed by atoms with Crippen LogP contribution in [0, 0.1) is 29.6 Å². The lowest BCUT2D eigenvalue weighted by Gasteiger charge is -2.40. The molecule has 2 unspecified atom stereocenters. The first-order valence-electron chi connectivity index (χ1n) is 28.8. The molecule has 2 aromatic rings. The molecule has 2 saturated heterocycles. The van der Waals surface area contributed by atoms with Gasteiger partial charge in [0, 0.05) is 53.5 Å². The van der Waals surface area contributed by atoms with Crippen LogP contribution >= 0.6 is 0 Å². The highest BCUT2D eigenvalue weighted by Gasteiger charge is 2.49. The number of cyclic esters (lactones) is 1. The number of hydrogen-bond donors (Lipinski definition) is 4. The van der Waals surface area contributed by atoms with Crippen molar-refractivity contribution in [3.8, 4) is 0 Å². The summed E-state index contributed by atoms with van der Waals surface area (Å²) in [6.45, 7) is 21.1. The van der Waals surface area contributed by atoms with E-state index in [-0.39, 0.29) is 44.6 Å². The van der Waals surface area contributed by atoms with E-state index >= 15 is 9.59 Å². The maximum Gasteiger partial charge on any atom is 0.332 e. The average molecular weight is 1120 g/mol. The Morgan fingerprint density at radius 2 is 1.07 bits per heavy atom. The van der Waals surface area contributed by atoms with Crippen LogP contribution in [0.3, 0.4) is 0 Å². The summed E-state index contributed by atoms with van der Waals surface area (Å²) in [7, 11) is 5.70. The molecule has 8 amide bonds. The van der Waals surface area contributed by atoms with Crippen molar-refractivity contribution < 1.29 is 53.0 Å². The summed E-state index contributed by atoms with van der Waals surface area (Å²) in [6, 6.07) is 8.14. The van der Waals surface area contributed by atoms with Gasteiger partial charge in [-0.25, -0.2) is 4.79 Å². The minimum atomic E-state index is -1.93. The van der Waals surface area contributed by atoms with Gasteiger partial charge < -0.3 is 50.3 Å². The Labute approximate surface area is 475 Å². The van der Waals surface area contributed by atoms with Crippen LogP contribution in [-0.4, -0.2) is 178 Å². The second-order valence-corrected chi connectivity index (χ2v) is 23.7. The molecule has 4 N–H and O–H groups in total. The van der Waals surface area contributed by atoms with Crippen LogP contribution in [-0.2, 0) is 60.7 Å². The van der Waals surface area contributed by atoms with Crippen molar-refractivity contribution >= 4 is 53.2 Å². The number of aliphatic hydroxyl groups is 1. The monoisotopic (exact) mass is 1110 g/mol. The van der Waals surface area contributed by atoms with Gasteiger partial charge in [0.25, 0.3) is 5.91 Å². The van der Waals surface area contributed by atoms with E-state index in [0.717, 1.165) is 10.5 Å². The van der Waals surface area contributed by atoms with Crippen molar-refractivity contribution in [2.24, 2.45) is 29.6 Å². The first kappa shape index (κ1) is 66.1. The molecule has 19 heteroatoms. The van der Waals surface area contributed by atoms with E-state index in [9.17, 15) is 38.7 Å². The number of fused-ring (bicyclic) bond motifs is 1. The fourth-order valence-corrected chi connectivity index (χ4v) is 11.1. The van der Waals surface area contributed by atoms with E-state index in [1.165, 1.54) is 54.7 Å². The molecule has 2 fully saturated rings. The maximum absolute atomic E-state index is 15.3. The van der Waals surface area contributed by atoms with Gasteiger partial charge in [0.05, 0.1) is 5.60 Å². The number of nitrogens with zero attached hydrogens (tertiary/aromatic N) is 5. The van der Waals surface area contributed by atoms with Gasteiger partial charge in [0.1, 0.15) is 42.3 Å². The first-order valence-corrected chi connectivity index (χ1v) is 28.8. The number of rotatable bonds is 14. The third kappa shape index (κ3) is 16.2. The standard InChI is InChI=1S/C61H94N8O11/c1-17-39(10)47-58(76)66(14)48(37(6)7)53(71)62-43(33-36(4)5)56(74)68(16)51(61(12,79)19-3)60(78)80-50(40(11)18-2)59(77)67(15)49(38(8)9)54(72)63-44(34-41-27-22-20-23-28-41)55(73)65(13)46(35-42-29-24-21-25-30-42)57(75)69-32-26-31-45(69)52(70)64-47/h20-25,27-30,36-40,43-51,79H,17-19,26,31-35H2,1-16H3,(H,62,71)(H,63,72)(H,64,70)/t39-,40-,43-,44-,45?,46-,47-,48-,49-,50+,51+,61?/m0/s1. The van der Waals surface area contributed by atoms with Crippen molar-refractivity contribution in [1.82, 2.24) is 40.4 Å². The Balaban J connectivity index is 1.99. The van der Waals surface area contributed by atoms with E-state index in [2.05, 4.69) is 16.0 Å². The predicted octanol–water partition coefficient (Wildman–Crippen LogP) is 4.76. The first-order chi connectivity index (χ1) is 37.5. The molecule has 19 nitrogen and oxygen atoms in total. The molecule has 0 spiro atoms. The highest BCUT2D eigenvalue weighted by atomic mass is 16.6. The number of carbonyl (C=O) groups is 9. The van der Waals surface area contributed by atoms with Crippen molar-refractivity contribution in [1.29, 1.82) is 0 Å². The zero-order valence-electron chi connectivity index (χ0n) is 50.5. The SMILES string of the molecule is CC[C@H](C)[C@@H]1NC(=O)C2CCCN2C(=O)[C@H](Cc2ccccc2)N(C)C(=O)[C@H](Cc2ccccc2)NC(=O)[C@H](C(C)C)N(C)C(=O)[C@@H]([C@@H](C)CC)OC(=O)[C@H](C(C)(O)CC)N(C)C(=O)[C@H](CC(C)C)NC(=O)[C@H](C(C)C)N(C)C1=O. The Kier molecular flexibility index (Phi) is 24.3. The van der Waals surface area contributed by atoms with Gasteiger partial charge in [-0.3, -0.25) is 38.4 Å². The van der Waals surface area contributed by atoms with E-state index in [4.69, 9.17) is 4.74 Å². The van der Waals surface area contributed by atoms with E-state index in [1.54, 1.807) is 60.6 Å². The molecule has 80 heavy (non-hydrogen) atoms. The Morgan fingerprint density at radius 3 is 1.56 bits per heavy atom. The number of likely N-dealkylation sites (N-methyl/N-ethyl adjacent to an activating group) is 4. The minimum absolute atomic E-state index is 0.00635. The van der Waals surface area contributed by atoms with Crippen molar-refractivity contribution in [2.45, 2.75) is 194 Å². The van der Waals surface area contributed by atoms with Gasteiger partial charge in [-0.05, 0) is 73.8 Å². The molecule has 4 rings (SSSR count). The van der Waals surface area contributed by atoms with E-state index < -0.39 is 137 Å². The fourth-order valence-electron chi connectivity index (χ4n) is 11.1. The van der Waals surface area contributed by atoms with Crippen LogP contribution in [0.15, 0.2) is 60.7 Å². The summed E-state index contributed by atoms with van der Waals surface area (Å²) >= 11 is 0. The van der Waals surface area contributed by atoms with Crippen LogP contribution in [0.4, 0.5) is 0 Å². The lowest BCUT2D eigenvalue weighted by Crippen LogP contribution is -2.63. The summed E-state index contributed by atoms with van der Waals surface area (Å²) in [4.78, 5) is 141. The summed E-state index contributed by atoms with van der Waals surface area (Å²) < 4.78 is 6.15. The Bertz CT molecular complexity index is 2450. The average Bonchev–Trinajstić information content (AvgIpc) is 4.01. The third-order valence-electron chi connectivity index (χ3n) is 16.4. The molecule has 2 heterocycles. The quantitative estimate of drug-likeness (QED) is 0.188. The molecule has 2 aliphatic rings. The van der Waals surface area contributed by atoms with E-state index in [1.807, 2.05) is 76.2 Å². The molecular formula is C61H94N8O11. The maximum atomic E-state index is 15.3. The van der Waals surface area contributed by atoms with Crippen LogP contribution < -0.4 is 16.0 Å². The summed E-state index contributed by atoms with van der Waals surface area (Å²) in [5, 5.41) is 20.8. The van der Waals surface area contributed by atoms with Gasteiger partial charge in [-0.2, -0.15) is 0 Å². The summed E-state index contributed by atoms with van der Waals surface area (Å²) in [5.74, 6) is -8.61. The van der Waals surface area contributed by atoms with Crippen LogP contribution in [0.1, 0.15) is 133 Å². The lowest BCUT2D eigenvalue weighted by atomic mass is 9.90. The van der Waals surface area contributed by atoms with Gasteiger partial charge in [0.2, 0.25) is 41.4 Å². The number of benzene rings is 2.